The molecule has 1 heterocycles. The van der Waals surface area contributed by atoms with Crippen LogP contribution in [0, 0.1) is 11.6 Å². The Labute approximate surface area is 132 Å². The Bertz CT molecular complexity index is 612. The smallest absolute Gasteiger partial charge is 0.159 e. The van der Waals surface area contributed by atoms with E-state index in [1.807, 2.05) is 0 Å². The molecule has 0 nitrogen and oxygen atoms in total. The SMILES string of the molecule is Fc1ccc(CC(Cl)c2cc3c(s2)CCCCC3)cc1F. The average Bonchev–Trinajstić information content (AvgIpc) is 2.74. The molecule has 1 aliphatic carbocycles. The van der Waals surface area contributed by atoms with Crippen molar-refractivity contribution < 1.29 is 8.78 Å². The van der Waals surface area contributed by atoms with E-state index in [1.54, 1.807) is 17.4 Å². The topological polar surface area (TPSA) is 0 Å². The summed E-state index contributed by atoms with van der Waals surface area (Å²) in [4.78, 5) is 2.60. The molecule has 2 aromatic rings. The van der Waals surface area contributed by atoms with Crippen molar-refractivity contribution in [2.24, 2.45) is 0 Å². The molecule has 1 aromatic heterocycles. The Morgan fingerprint density at radius 3 is 2.67 bits per heavy atom. The molecule has 0 amide bonds. The zero-order valence-corrected chi connectivity index (χ0v) is 13.2. The minimum atomic E-state index is -0.812. The zero-order chi connectivity index (χ0) is 14.8. The molecule has 0 saturated carbocycles. The maximum absolute atomic E-state index is 13.2. The average molecular weight is 327 g/mol. The fourth-order valence-electron chi connectivity index (χ4n) is 2.82. The van der Waals surface area contributed by atoms with Crippen molar-refractivity contribution in [2.75, 3.05) is 0 Å². The lowest BCUT2D eigenvalue weighted by atomic mass is 10.1. The van der Waals surface area contributed by atoms with Crippen molar-refractivity contribution in [1.29, 1.82) is 0 Å². The van der Waals surface area contributed by atoms with E-state index < -0.39 is 11.6 Å². The molecule has 0 aliphatic heterocycles. The number of fused-ring (bicyclic) bond motifs is 1. The van der Waals surface area contributed by atoms with Crippen LogP contribution in [0.5, 0.6) is 0 Å². The lowest BCUT2D eigenvalue weighted by molar-refractivity contribution is 0.507. The molecule has 21 heavy (non-hydrogen) atoms. The van der Waals surface area contributed by atoms with Crippen LogP contribution in [0.2, 0.25) is 0 Å². The van der Waals surface area contributed by atoms with Crippen molar-refractivity contribution in [2.45, 2.75) is 43.9 Å². The number of halogens is 3. The monoisotopic (exact) mass is 326 g/mol. The number of hydrogen-bond donors (Lipinski definition) is 0. The molecule has 1 aromatic carbocycles. The van der Waals surface area contributed by atoms with Gasteiger partial charge in [0.15, 0.2) is 11.6 Å². The summed E-state index contributed by atoms with van der Waals surface area (Å²) in [7, 11) is 0. The summed E-state index contributed by atoms with van der Waals surface area (Å²) in [6, 6.07) is 6.22. The van der Waals surface area contributed by atoms with Gasteiger partial charge in [0.1, 0.15) is 0 Å². The maximum Gasteiger partial charge on any atom is 0.159 e. The van der Waals surface area contributed by atoms with Crippen LogP contribution in [0.1, 0.15) is 45.5 Å². The van der Waals surface area contributed by atoms with Crippen LogP contribution in [0.4, 0.5) is 8.78 Å². The molecule has 1 unspecified atom stereocenters. The van der Waals surface area contributed by atoms with Crippen molar-refractivity contribution in [3.63, 3.8) is 0 Å². The van der Waals surface area contributed by atoms with Gasteiger partial charge in [-0.25, -0.2) is 8.78 Å². The standard InChI is InChI=1S/C17H17ClF2S/c18-13(8-11-6-7-14(19)15(20)9-11)17-10-12-4-2-1-3-5-16(12)21-17/h6-7,9-10,13H,1-5,8H2. The molecule has 112 valence electrons. The number of alkyl halides is 1. The van der Waals surface area contributed by atoms with Crippen LogP contribution in [0.3, 0.4) is 0 Å². The number of thiophene rings is 1. The number of hydrogen-bond acceptors (Lipinski definition) is 1. The van der Waals surface area contributed by atoms with E-state index in [2.05, 4.69) is 6.07 Å². The first-order chi connectivity index (χ1) is 10.1. The van der Waals surface area contributed by atoms with Gasteiger partial charge in [-0.15, -0.1) is 22.9 Å². The van der Waals surface area contributed by atoms with Crippen LogP contribution in [0.25, 0.3) is 0 Å². The van der Waals surface area contributed by atoms with E-state index in [-0.39, 0.29) is 5.38 Å². The van der Waals surface area contributed by atoms with Gasteiger partial charge in [0, 0.05) is 9.75 Å². The lowest BCUT2D eigenvalue weighted by Gasteiger charge is -2.08. The highest BCUT2D eigenvalue weighted by Gasteiger charge is 2.18. The Morgan fingerprint density at radius 1 is 1.05 bits per heavy atom. The van der Waals surface area contributed by atoms with Gasteiger partial charge >= 0.3 is 0 Å². The highest BCUT2D eigenvalue weighted by atomic mass is 35.5. The Kier molecular flexibility index (Phi) is 4.60. The number of rotatable bonds is 3. The molecular weight excluding hydrogens is 310 g/mol. The van der Waals surface area contributed by atoms with Crippen molar-refractivity contribution in [3.8, 4) is 0 Å². The molecular formula is C17H17ClF2S. The number of aryl methyl sites for hydroxylation is 2. The van der Waals surface area contributed by atoms with E-state index in [0.717, 1.165) is 29.3 Å². The van der Waals surface area contributed by atoms with E-state index in [0.29, 0.717) is 6.42 Å². The molecule has 1 atom stereocenters. The molecule has 0 spiro atoms. The largest absolute Gasteiger partial charge is 0.204 e. The minimum absolute atomic E-state index is 0.174. The summed E-state index contributed by atoms with van der Waals surface area (Å²) < 4.78 is 26.2. The summed E-state index contributed by atoms with van der Waals surface area (Å²) in [5.41, 5.74) is 2.17. The fourth-order valence-corrected chi connectivity index (χ4v) is 4.43. The second-order valence-electron chi connectivity index (χ2n) is 5.58. The fraction of sp³-hybridized carbons (Fsp3) is 0.412. The zero-order valence-electron chi connectivity index (χ0n) is 11.7. The van der Waals surface area contributed by atoms with Crippen molar-refractivity contribution in [3.05, 3.63) is 56.8 Å². The van der Waals surface area contributed by atoms with Crippen LogP contribution in [0.15, 0.2) is 24.3 Å². The van der Waals surface area contributed by atoms with Crippen LogP contribution < -0.4 is 0 Å². The molecule has 0 radical (unpaired) electrons. The van der Waals surface area contributed by atoms with E-state index in [4.69, 9.17) is 11.6 Å². The molecule has 0 fully saturated rings. The van der Waals surface area contributed by atoms with Crippen molar-refractivity contribution >= 4 is 22.9 Å². The van der Waals surface area contributed by atoms with Gasteiger partial charge in [-0.1, -0.05) is 12.5 Å². The van der Waals surface area contributed by atoms with Gasteiger partial charge in [0.2, 0.25) is 0 Å². The molecule has 0 saturated heterocycles. The first kappa shape index (κ1) is 15.0. The summed E-state index contributed by atoms with van der Waals surface area (Å²) >= 11 is 8.27. The predicted molar refractivity (Wildman–Crippen MR) is 84.2 cm³/mol. The highest BCUT2D eigenvalue weighted by Crippen LogP contribution is 2.36. The molecule has 4 heteroatoms. The molecule has 1 aliphatic rings. The van der Waals surface area contributed by atoms with Gasteiger partial charge in [-0.05, 0) is 61.4 Å². The van der Waals surface area contributed by atoms with E-state index >= 15 is 0 Å². The first-order valence-corrected chi connectivity index (χ1v) is 8.58. The summed E-state index contributed by atoms with van der Waals surface area (Å²) in [5, 5.41) is -0.174. The van der Waals surface area contributed by atoms with Crippen LogP contribution in [-0.4, -0.2) is 0 Å². The Balaban J connectivity index is 1.75. The normalized spacial score (nSPS) is 16.3. The minimum Gasteiger partial charge on any atom is -0.204 e. The van der Waals surface area contributed by atoms with Crippen molar-refractivity contribution in [1.82, 2.24) is 0 Å². The number of benzene rings is 1. The quantitative estimate of drug-likeness (QED) is 0.492. The second-order valence-corrected chi connectivity index (χ2v) is 7.27. The van der Waals surface area contributed by atoms with Gasteiger partial charge in [-0.3, -0.25) is 0 Å². The third kappa shape index (κ3) is 3.46. The molecule has 3 rings (SSSR count). The molecule has 0 N–H and O–H groups in total. The lowest BCUT2D eigenvalue weighted by Crippen LogP contribution is -1.95. The summed E-state index contributed by atoms with van der Waals surface area (Å²) in [6.07, 6.45) is 6.62. The van der Waals surface area contributed by atoms with Gasteiger partial charge < -0.3 is 0 Å². The third-order valence-electron chi connectivity index (χ3n) is 3.97. The Morgan fingerprint density at radius 2 is 1.86 bits per heavy atom. The first-order valence-electron chi connectivity index (χ1n) is 7.33. The van der Waals surface area contributed by atoms with Gasteiger partial charge in [-0.2, -0.15) is 0 Å². The summed E-state index contributed by atoms with van der Waals surface area (Å²) in [6.45, 7) is 0. The molecule has 0 bridgehead atoms. The third-order valence-corrected chi connectivity index (χ3v) is 5.84. The highest BCUT2D eigenvalue weighted by molar-refractivity contribution is 7.12. The van der Waals surface area contributed by atoms with Crippen LogP contribution >= 0.6 is 22.9 Å². The Hall–Kier alpha value is -0.930. The van der Waals surface area contributed by atoms with Crippen LogP contribution in [-0.2, 0) is 19.3 Å². The van der Waals surface area contributed by atoms with E-state index in [1.165, 1.54) is 35.8 Å². The maximum atomic E-state index is 13.2. The summed E-state index contributed by atoms with van der Waals surface area (Å²) in [5.74, 6) is -1.62. The van der Waals surface area contributed by atoms with Gasteiger partial charge in [0.25, 0.3) is 0 Å². The second kappa shape index (κ2) is 6.45. The predicted octanol–water partition coefficient (Wildman–Crippen LogP) is 5.82. The van der Waals surface area contributed by atoms with Gasteiger partial charge in [0.05, 0.1) is 5.38 Å². The van der Waals surface area contributed by atoms with E-state index in [9.17, 15) is 8.78 Å².